The minimum atomic E-state index is -4.68. The number of nitrogen functional groups attached to an aromatic ring is 1. The summed E-state index contributed by atoms with van der Waals surface area (Å²) in [5, 5.41) is 19.1. The Morgan fingerprint density at radius 2 is 1.06 bits per heavy atom. The van der Waals surface area contributed by atoms with Gasteiger partial charge in [-0.3, -0.25) is 14.8 Å². The first-order valence-electron chi connectivity index (χ1n) is 19.4. The summed E-state index contributed by atoms with van der Waals surface area (Å²) in [6.07, 6.45) is 1.11. The number of carboxylic acids is 1. The molecule has 69 heavy (non-hydrogen) atoms. The van der Waals surface area contributed by atoms with E-state index >= 15 is 0 Å². The number of sulfone groups is 2. The summed E-state index contributed by atoms with van der Waals surface area (Å²) in [5.41, 5.74) is 5.01. The number of carboxylic acid groups (broad SMARTS) is 1. The molecular formula is C44H34F6N10O7S2. The lowest BCUT2D eigenvalue weighted by molar-refractivity contribution is -0.143. The molecule has 0 saturated heterocycles. The van der Waals surface area contributed by atoms with E-state index in [0.717, 1.165) is 46.3 Å². The van der Waals surface area contributed by atoms with Gasteiger partial charge in [0.25, 0.3) is 5.91 Å². The molecule has 0 fully saturated rings. The highest BCUT2D eigenvalue weighted by molar-refractivity contribution is 7.91. The van der Waals surface area contributed by atoms with Gasteiger partial charge in [-0.1, -0.05) is 12.1 Å². The topological polar surface area (TPSA) is 248 Å². The molecule has 1 amide bonds. The van der Waals surface area contributed by atoms with Crippen LogP contribution in [-0.4, -0.2) is 85.8 Å². The van der Waals surface area contributed by atoms with E-state index < -0.39 is 55.3 Å². The van der Waals surface area contributed by atoms with Gasteiger partial charge in [0.1, 0.15) is 23.0 Å². The molecule has 8 rings (SSSR count). The number of nitrogens with two attached hydrogens (primary N) is 1. The molecule has 0 bridgehead atoms. The van der Waals surface area contributed by atoms with Crippen LogP contribution in [0.25, 0.3) is 33.9 Å². The van der Waals surface area contributed by atoms with Gasteiger partial charge < -0.3 is 16.2 Å². The summed E-state index contributed by atoms with van der Waals surface area (Å²) in [6, 6.07) is 24.5. The van der Waals surface area contributed by atoms with Crippen LogP contribution in [0, 0.1) is 0 Å². The monoisotopic (exact) mass is 992 g/mol. The zero-order valence-electron chi connectivity index (χ0n) is 35.5. The summed E-state index contributed by atoms with van der Waals surface area (Å²) in [5.74, 6) is -1.48. The van der Waals surface area contributed by atoms with Gasteiger partial charge in [-0.2, -0.15) is 36.5 Å². The minimum Gasteiger partial charge on any atom is -0.478 e. The maximum absolute atomic E-state index is 13.6. The number of aromatic nitrogens is 8. The van der Waals surface area contributed by atoms with Crippen LogP contribution in [0.3, 0.4) is 0 Å². The highest BCUT2D eigenvalue weighted by Crippen LogP contribution is 2.35. The second-order valence-corrected chi connectivity index (χ2v) is 18.4. The van der Waals surface area contributed by atoms with Gasteiger partial charge in [0.2, 0.25) is 0 Å². The molecule has 0 atom stereocenters. The van der Waals surface area contributed by atoms with E-state index in [9.17, 15) is 52.8 Å². The number of halogens is 6. The summed E-state index contributed by atoms with van der Waals surface area (Å²) >= 11 is 0. The molecule has 25 heteroatoms. The maximum Gasteiger partial charge on any atom is 0.433 e. The molecule has 4 N–H and O–H groups in total. The Morgan fingerprint density at radius 1 is 0.594 bits per heavy atom. The lowest BCUT2D eigenvalue weighted by atomic mass is 10.2. The van der Waals surface area contributed by atoms with Crippen LogP contribution < -0.4 is 11.1 Å². The largest absolute Gasteiger partial charge is 0.478 e. The molecular weight excluding hydrogens is 959 g/mol. The van der Waals surface area contributed by atoms with Crippen molar-refractivity contribution >= 4 is 43.2 Å². The Hall–Kier alpha value is -8.32. The van der Waals surface area contributed by atoms with Crippen molar-refractivity contribution < 1.29 is 57.9 Å². The third kappa shape index (κ3) is 13.0. The number of benzene rings is 2. The van der Waals surface area contributed by atoms with E-state index in [-0.39, 0.29) is 55.3 Å². The third-order valence-corrected chi connectivity index (χ3v) is 11.4. The second-order valence-electron chi connectivity index (χ2n) is 14.3. The molecule has 8 aromatic rings. The summed E-state index contributed by atoms with van der Waals surface area (Å²) in [6.45, 7) is 0. The van der Waals surface area contributed by atoms with Crippen molar-refractivity contribution in [1.29, 1.82) is 0 Å². The van der Waals surface area contributed by atoms with Crippen LogP contribution >= 0.6 is 0 Å². The van der Waals surface area contributed by atoms with Gasteiger partial charge >= 0.3 is 18.3 Å². The van der Waals surface area contributed by atoms with E-state index in [1.807, 2.05) is 0 Å². The maximum atomic E-state index is 13.6. The highest BCUT2D eigenvalue weighted by Gasteiger charge is 2.37. The number of alkyl halides is 6. The number of hydrogen-bond donors (Lipinski definition) is 3. The Kier molecular flexibility index (Phi) is 14.7. The molecule has 356 valence electrons. The number of amides is 1. The lowest BCUT2D eigenvalue weighted by Crippen LogP contribution is -2.15. The molecule has 0 spiro atoms. The Balaban J connectivity index is 0.000000190. The van der Waals surface area contributed by atoms with E-state index in [2.05, 4.69) is 35.5 Å². The zero-order valence-corrected chi connectivity index (χ0v) is 37.1. The van der Waals surface area contributed by atoms with Crippen LogP contribution in [0.5, 0.6) is 0 Å². The van der Waals surface area contributed by atoms with Crippen molar-refractivity contribution in [1.82, 2.24) is 39.5 Å². The molecule has 0 unspecified atom stereocenters. The number of carbonyl (C=O) groups is 2. The first-order chi connectivity index (χ1) is 32.4. The number of carbonyl (C=O) groups excluding carboxylic acids is 1. The van der Waals surface area contributed by atoms with Crippen molar-refractivity contribution in [2.75, 3.05) is 23.6 Å². The average Bonchev–Trinajstić information content (AvgIpc) is 3.98. The number of nitrogens with one attached hydrogen (secondary N) is 1. The zero-order chi connectivity index (χ0) is 50.3. The van der Waals surface area contributed by atoms with E-state index in [4.69, 9.17) is 10.8 Å². The fourth-order valence-electron chi connectivity index (χ4n) is 5.89. The van der Waals surface area contributed by atoms with Gasteiger partial charge in [0, 0.05) is 54.0 Å². The number of aromatic carboxylic acids is 1. The van der Waals surface area contributed by atoms with Crippen molar-refractivity contribution in [2.24, 2.45) is 0 Å². The summed E-state index contributed by atoms with van der Waals surface area (Å²) in [7, 11) is -6.83. The average molecular weight is 993 g/mol. The fraction of sp³-hybridized carbons (Fsp3) is 0.0909. The Bertz CT molecular complexity index is 3340. The molecule has 0 aliphatic rings. The minimum absolute atomic E-state index is 0.0207. The number of anilines is 2. The summed E-state index contributed by atoms with van der Waals surface area (Å²) in [4.78, 5) is 38.6. The van der Waals surface area contributed by atoms with Crippen LogP contribution in [0.4, 0.5) is 38.0 Å². The predicted octanol–water partition coefficient (Wildman–Crippen LogP) is 7.72. The fourth-order valence-corrected chi connectivity index (χ4v) is 7.23. The lowest BCUT2D eigenvalue weighted by Gasteiger charge is -2.11. The van der Waals surface area contributed by atoms with Gasteiger partial charge in [0.05, 0.1) is 50.5 Å². The third-order valence-electron chi connectivity index (χ3n) is 9.20. The van der Waals surface area contributed by atoms with Crippen molar-refractivity contribution in [3.63, 3.8) is 0 Å². The van der Waals surface area contributed by atoms with Gasteiger partial charge in [-0.25, -0.2) is 41.0 Å². The predicted molar refractivity (Wildman–Crippen MR) is 238 cm³/mol. The highest BCUT2D eigenvalue weighted by atomic mass is 32.2. The van der Waals surface area contributed by atoms with Crippen LogP contribution in [0.2, 0.25) is 0 Å². The molecule has 2 aromatic carbocycles. The molecule has 0 radical (unpaired) electrons. The quantitative estimate of drug-likeness (QED) is 0.117. The Labute approximate surface area is 387 Å². The molecule has 6 heterocycles. The number of nitrogens with zero attached hydrogens (tertiary/aromatic N) is 8. The standard InChI is InChI=1S/C22H16F3N5O3S.C14H10F3N5.C8H8O4S/c1-34(32,33)17-6-2-4-14(10-17)21(31)28-20-8-7-16(13-27-20)30-19(22(23,24)25)11-18(29-30)15-5-3-9-26-12-15;15-14(16,17)12-6-11(9-2-1-5-19-7-9)21-22(12)10-3-4-13(18)20-8-10;1-13(11,12)7-4-2-3-6(5-7)8(9)10/h2-13H,1H3,(H,27,28,31);1-8H,(H2,18,20);2-5H,1H3,(H,9,10). The summed E-state index contributed by atoms with van der Waals surface area (Å²) < 4.78 is 127. The van der Waals surface area contributed by atoms with Gasteiger partial charge in [0.15, 0.2) is 19.7 Å². The van der Waals surface area contributed by atoms with Crippen LogP contribution in [0.15, 0.2) is 156 Å². The molecule has 0 aliphatic heterocycles. The second kappa shape index (κ2) is 20.3. The first kappa shape index (κ1) is 50.1. The van der Waals surface area contributed by atoms with E-state index in [1.165, 1.54) is 97.7 Å². The molecule has 17 nitrogen and oxygen atoms in total. The van der Waals surface area contributed by atoms with Crippen LogP contribution in [-0.2, 0) is 32.0 Å². The van der Waals surface area contributed by atoms with Crippen molar-refractivity contribution in [3.8, 4) is 33.9 Å². The molecule has 0 aliphatic carbocycles. The molecule has 6 aromatic heterocycles. The SMILES string of the molecule is CS(=O)(=O)c1cccc(C(=O)Nc2ccc(-n3nc(-c4cccnc4)cc3C(F)(F)F)cn2)c1.CS(=O)(=O)c1cccc(C(=O)O)c1.Nc1ccc(-n2nc(-c3cccnc3)cc2C(F)(F)F)cn1. The number of pyridine rings is 4. The molecule has 0 saturated carbocycles. The number of hydrogen-bond acceptors (Lipinski definition) is 13. The van der Waals surface area contributed by atoms with Crippen molar-refractivity contribution in [2.45, 2.75) is 22.1 Å². The van der Waals surface area contributed by atoms with Gasteiger partial charge in [-0.15, -0.1) is 0 Å². The smallest absolute Gasteiger partial charge is 0.433 e. The van der Waals surface area contributed by atoms with E-state index in [0.29, 0.717) is 11.1 Å². The van der Waals surface area contributed by atoms with Gasteiger partial charge in [-0.05, 0) is 97.1 Å². The van der Waals surface area contributed by atoms with E-state index in [1.54, 1.807) is 24.3 Å². The number of rotatable bonds is 9. The first-order valence-corrected chi connectivity index (χ1v) is 23.2. The van der Waals surface area contributed by atoms with Crippen molar-refractivity contribution in [3.05, 3.63) is 169 Å². The van der Waals surface area contributed by atoms with Crippen LogP contribution in [0.1, 0.15) is 32.1 Å². The Morgan fingerprint density at radius 3 is 1.45 bits per heavy atom. The normalized spacial score (nSPS) is 11.7.